The molecule has 98 heavy (non-hydrogen) atoms. The highest BCUT2D eigenvalue weighted by atomic mass is 16.5. The summed E-state index contributed by atoms with van der Waals surface area (Å²) in [5, 5.41) is 20.0. The summed E-state index contributed by atoms with van der Waals surface area (Å²) in [7, 11) is 0. The number of carbonyl (C=O) groups is 2. The van der Waals surface area contributed by atoms with Crippen molar-refractivity contribution in [3.63, 3.8) is 0 Å². The largest absolute Gasteiger partial charge is 0.464 e. The molecule has 0 aliphatic rings. The lowest BCUT2D eigenvalue weighted by Crippen LogP contribution is -2.40. The van der Waals surface area contributed by atoms with Gasteiger partial charge in [0.25, 0.3) is 0 Å². The smallest absolute Gasteiger partial charge is 0.307 e. The molecule has 0 rings (SSSR count). The van der Waals surface area contributed by atoms with Crippen LogP contribution in [-0.2, 0) is 19.1 Å². The van der Waals surface area contributed by atoms with Crippen molar-refractivity contribution in [3.8, 4) is 0 Å². The Bertz CT molecular complexity index is 1330. The Morgan fingerprint density at radius 3 is 0.510 bits per heavy atom. The van der Waals surface area contributed by atoms with Gasteiger partial charge in [-0.2, -0.15) is 0 Å². The van der Waals surface area contributed by atoms with E-state index in [9.17, 15) is 19.8 Å². The lowest BCUT2D eigenvalue weighted by molar-refractivity contribution is -0.145. The van der Waals surface area contributed by atoms with Gasteiger partial charge in [-0.05, 0) is 51.9 Å². The number of hydrogen-bond acceptors (Lipinski definition) is 10. The van der Waals surface area contributed by atoms with Crippen LogP contribution >= 0.6 is 0 Å². The van der Waals surface area contributed by atoms with Crippen LogP contribution in [0.5, 0.6) is 0 Å². The number of aliphatic hydroxyl groups is 2. The molecule has 0 saturated heterocycles. The Hall–Kier alpha value is -1.30. The summed E-state index contributed by atoms with van der Waals surface area (Å²) in [6, 6.07) is 0. The zero-order valence-electron chi connectivity index (χ0n) is 67.3. The van der Waals surface area contributed by atoms with Crippen LogP contribution < -0.4 is 0 Å². The molecule has 0 atom stereocenters. The van der Waals surface area contributed by atoms with Gasteiger partial charge in [-0.15, -0.1) is 0 Å². The molecule has 0 bridgehead atoms. The first-order valence-electron chi connectivity index (χ1n) is 44.9. The van der Waals surface area contributed by atoms with Crippen LogP contribution in [0.15, 0.2) is 0 Å². The van der Waals surface area contributed by atoms with E-state index in [0.29, 0.717) is 52.5 Å². The van der Waals surface area contributed by atoms with Crippen LogP contribution in [0.4, 0.5) is 0 Å². The van der Waals surface area contributed by atoms with Crippen molar-refractivity contribution < 1.29 is 29.3 Å². The molecule has 0 aromatic heterocycles. The number of rotatable bonds is 87. The van der Waals surface area contributed by atoms with Crippen LogP contribution in [-0.4, -0.2) is 147 Å². The molecule has 0 unspecified atom stereocenters. The molecule has 586 valence electrons. The molecule has 0 saturated carbocycles. The second-order valence-corrected chi connectivity index (χ2v) is 31.0. The molecule has 0 aliphatic heterocycles. The van der Waals surface area contributed by atoms with E-state index >= 15 is 0 Å². The van der Waals surface area contributed by atoms with Crippen molar-refractivity contribution in [2.45, 2.75) is 451 Å². The predicted molar refractivity (Wildman–Crippen MR) is 429 cm³/mol. The molecule has 0 amide bonds. The number of aliphatic hydroxyl groups excluding tert-OH is 2. The average molecular weight is 1390 g/mol. The van der Waals surface area contributed by atoms with Gasteiger partial charge in [0.05, 0.1) is 26.1 Å². The monoisotopic (exact) mass is 1390 g/mol. The van der Waals surface area contributed by atoms with Gasteiger partial charge in [-0.1, -0.05) is 413 Å². The van der Waals surface area contributed by atoms with Crippen molar-refractivity contribution in [1.82, 2.24) is 19.6 Å². The fourth-order valence-electron chi connectivity index (χ4n) is 14.7. The van der Waals surface area contributed by atoms with Gasteiger partial charge in [0, 0.05) is 52.4 Å². The van der Waals surface area contributed by atoms with Crippen molar-refractivity contribution in [3.05, 3.63) is 0 Å². The van der Waals surface area contributed by atoms with E-state index in [0.717, 1.165) is 39.3 Å². The summed E-state index contributed by atoms with van der Waals surface area (Å²) in [6.45, 7) is 19.2. The van der Waals surface area contributed by atoms with Gasteiger partial charge in [0.2, 0.25) is 0 Å². The molecule has 0 fully saturated rings. The Labute approximate surface area is 614 Å². The number of esters is 2. The van der Waals surface area contributed by atoms with E-state index < -0.39 is 0 Å². The first kappa shape index (κ1) is 96.7. The number of ether oxygens (including phenoxy) is 2. The van der Waals surface area contributed by atoms with Crippen molar-refractivity contribution in [2.75, 3.05) is 105 Å². The molecule has 10 nitrogen and oxygen atoms in total. The first-order chi connectivity index (χ1) is 48.4. The Morgan fingerprint density at radius 1 is 0.194 bits per heavy atom. The van der Waals surface area contributed by atoms with Gasteiger partial charge in [-0.3, -0.25) is 29.2 Å². The van der Waals surface area contributed by atoms with Gasteiger partial charge in [0.1, 0.15) is 13.2 Å². The summed E-state index contributed by atoms with van der Waals surface area (Å²) < 4.78 is 11.8. The van der Waals surface area contributed by atoms with Crippen molar-refractivity contribution in [1.29, 1.82) is 0 Å². The number of unbranched alkanes of at least 4 members (excludes halogenated alkanes) is 60. The zero-order chi connectivity index (χ0) is 70.9. The SMILES string of the molecule is CCCCCCCCCCCCCCCCCCN(CCCCCCCCCCCCCCCCCC)CCOC(=O)CCN(CCO)CCN(CCO)CCC(=O)OCCN(CCCCCCCCCCCCCCCCCC)CCCCCCCCCCCCCCCCCC. The molecule has 0 aromatic carbocycles. The second kappa shape index (κ2) is 84.6. The van der Waals surface area contributed by atoms with E-state index in [1.807, 2.05) is 0 Å². The fourth-order valence-corrected chi connectivity index (χ4v) is 14.7. The minimum absolute atomic E-state index is 0.00498. The Balaban J connectivity index is 4.96. The molecule has 0 heterocycles. The lowest BCUT2D eigenvalue weighted by atomic mass is 10.0. The highest BCUT2D eigenvalue weighted by Crippen LogP contribution is 2.20. The minimum Gasteiger partial charge on any atom is -0.464 e. The van der Waals surface area contributed by atoms with Crippen LogP contribution in [0.25, 0.3) is 0 Å². The van der Waals surface area contributed by atoms with Gasteiger partial charge >= 0.3 is 11.9 Å². The fraction of sp³-hybridized carbons (Fsp3) is 0.977. The molecule has 0 aliphatic carbocycles. The standard InChI is InChI=1S/C88H178N4O6/c1-5-9-13-17-21-25-29-33-37-41-45-49-53-57-61-65-71-89(72-66-62-58-54-50-46-42-38-34-30-26-22-18-14-10-6-2)81-85-97-87(95)69-75-91(79-83-93)77-78-92(80-84-94)76-70-88(96)98-86-82-90(73-67-63-59-55-51-47-43-39-35-31-27-23-19-15-11-7-3)74-68-64-60-56-52-48-44-40-36-32-28-24-20-16-12-8-4/h93-94H,5-86H2,1-4H3. The summed E-state index contributed by atoms with van der Waals surface area (Å²) >= 11 is 0. The Morgan fingerprint density at radius 2 is 0.347 bits per heavy atom. The van der Waals surface area contributed by atoms with Crippen molar-refractivity contribution >= 4 is 11.9 Å². The first-order valence-corrected chi connectivity index (χ1v) is 44.9. The maximum Gasteiger partial charge on any atom is 0.307 e. The maximum atomic E-state index is 13.2. The van der Waals surface area contributed by atoms with Crippen LogP contribution in [0.3, 0.4) is 0 Å². The quantitative estimate of drug-likeness (QED) is 0.0452. The summed E-state index contributed by atoms with van der Waals surface area (Å²) in [5.74, 6) is -0.359. The summed E-state index contributed by atoms with van der Waals surface area (Å²) in [6.07, 6.45) is 88.9. The number of nitrogens with zero attached hydrogens (tertiary/aromatic N) is 4. The molecule has 0 radical (unpaired) electrons. The molecule has 0 spiro atoms. The van der Waals surface area contributed by atoms with E-state index in [1.165, 1.54) is 411 Å². The third kappa shape index (κ3) is 77.3. The molecule has 2 N–H and O–H groups in total. The molecular formula is C88H178N4O6. The predicted octanol–water partition coefficient (Wildman–Crippen LogP) is 25.1. The maximum absolute atomic E-state index is 13.2. The topological polar surface area (TPSA) is 106 Å². The minimum atomic E-state index is -0.179. The Kier molecular flexibility index (Phi) is 83.5. The van der Waals surface area contributed by atoms with Crippen LogP contribution in [0.2, 0.25) is 0 Å². The highest BCUT2D eigenvalue weighted by molar-refractivity contribution is 5.69. The third-order valence-corrected chi connectivity index (χ3v) is 21.5. The van der Waals surface area contributed by atoms with E-state index in [1.54, 1.807) is 0 Å². The normalized spacial score (nSPS) is 11.9. The summed E-state index contributed by atoms with van der Waals surface area (Å²) in [4.78, 5) is 35.8. The molecular weight excluding hydrogens is 1210 g/mol. The van der Waals surface area contributed by atoms with Gasteiger partial charge < -0.3 is 19.7 Å². The van der Waals surface area contributed by atoms with Crippen LogP contribution in [0.1, 0.15) is 451 Å². The summed E-state index contributed by atoms with van der Waals surface area (Å²) in [5.41, 5.74) is 0. The van der Waals surface area contributed by atoms with Gasteiger partial charge in [0.15, 0.2) is 0 Å². The van der Waals surface area contributed by atoms with E-state index in [2.05, 4.69) is 47.3 Å². The third-order valence-electron chi connectivity index (χ3n) is 21.5. The average Bonchev–Trinajstić information content (AvgIpc) is 1.87. The highest BCUT2D eigenvalue weighted by Gasteiger charge is 2.16. The second-order valence-electron chi connectivity index (χ2n) is 31.0. The number of carbonyl (C=O) groups excluding carboxylic acids is 2. The lowest BCUT2D eigenvalue weighted by Gasteiger charge is -2.27. The van der Waals surface area contributed by atoms with Crippen LogP contribution in [0, 0.1) is 0 Å². The zero-order valence-corrected chi connectivity index (χ0v) is 67.3. The van der Waals surface area contributed by atoms with E-state index in [-0.39, 0.29) is 38.0 Å². The van der Waals surface area contributed by atoms with Crippen molar-refractivity contribution in [2.24, 2.45) is 0 Å². The number of hydrogen-bond donors (Lipinski definition) is 2. The van der Waals surface area contributed by atoms with E-state index in [4.69, 9.17) is 9.47 Å². The molecule has 0 aromatic rings. The van der Waals surface area contributed by atoms with Gasteiger partial charge in [-0.25, -0.2) is 0 Å². The molecule has 10 heteroatoms.